The van der Waals surface area contributed by atoms with Crippen molar-refractivity contribution in [1.29, 1.82) is 0 Å². The van der Waals surface area contributed by atoms with Gasteiger partial charge in [-0.3, -0.25) is 18.6 Å². The maximum atomic E-state index is 12.6. The highest BCUT2D eigenvalue weighted by Crippen LogP contribution is 2.43. The van der Waals surface area contributed by atoms with Gasteiger partial charge in [-0.05, 0) is 38.5 Å². The number of ether oxygens (including phenoxy) is 2. The van der Waals surface area contributed by atoms with E-state index in [-0.39, 0.29) is 19.4 Å². The van der Waals surface area contributed by atoms with Crippen molar-refractivity contribution in [2.24, 2.45) is 0 Å². The molecule has 0 bridgehead atoms. The third kappa shape index (κ3) is 36.8. The molecule has 51 heavy (non-hydrogen) atoms. The number of phosphoric ester groups is 1. The van der Waals surface area contributed by atoms with E-state index in [9.17, 15) is 24.2 Å². The second kappa shape index (κ2) is 37.0. The van der Waals surface area contributed by atoms with E-state index in [1.54, 1.807) is 0 Å². The van der Waals surface area contributed by atoms with E-state index in [2.05, 4.69) is 30.5 Å². The predicted octanol–water partition coefficient (Wildman–Crippen LogP) is 10.4. The smallest absolute Gasteiger partial charge is 0.462 e. The highest BCUT2D eigenvalue weighted by atomic mass is 31.2. The zero-order chi connectivity index (χ0) is 37.7. The van der Waals surface area contributed by atoms with Gasteiger partial charge >= 0.3 is 19.8 Å². The maximum absolute atomic E-state index is 12.6. The van der Waals surface area contributed by atoms with Crippen LogP contribution in [0.25, 0.3) is 0 Å². The largest absolute Gasteiger partial charge is 0.472 e. The molecule has 3 atom stereocenters. The standard InChI is InChI=1S/C40H77O10P/c1-3-5-7-9-11-13-15-17-18-20-21-23-25-27-29-31-39(43)47-35-38(36-49-51(45,46)48-34-37(42)33-41)50-40(44)32-30-28-26-24-22-19-16-14-12-10-8-6-4-2/h17-18,37-38,41-42H,3-16,19-36H2,1-2H3,(H,45,46)/b18-17+/t37-,38-/m1/s1. The third-order valence-corrected chi connectivity index (χ3v) is 9.87. The van der Waals surface area contributed by atoms with Gasteiger partial charge in [-0.2, -0.15) is 0 Å². The van der Waals surface area contributed by atoms with Crippen molar-refractivity contribution in [3.63, 3.8) is 0 Å². The van der Waals surface area contributed by atoms with Crippen molar-refractivity contribution in [2.45, 2.75) is 206 Å². The maximum Gasteiger partial charge on any atom is 0.472 e. The molecular weight excluding hydrogens is 671 g/mol. The summed E-state index contributed by atoms with van der Waals surface area (Å²) in [6, 6.07) is 0. The second-order valence-electron chi connectivity index (χ2n) is 14.0. The molecule has 0 aromatic carbocycles. The molecule has 0 spiro atoms. The Morgan fingerprint density at radius 3 is 1.41 bits per heavy atom. The number of allylic oxidation sites excluding steroid dienone is 2. The molecule has 0 fully saturated rings. The summed E-state index contributed by atoms with van der Waals surface area (Å²) >= 11 is 0. The van der Waals surface area contributed by atoms with Crippen LogP contribution >= 0.6 is 7.82 Å². The molecule has 0 aromatic heterocycles. The van der Waals surface area contributed by atoms with Crippen LogP contribution in [0, 0.1) is 0 Å². The number of hydrogen-bond donors (Lipinski definition) is 3. The molecule has 1 unspecified atom stereocenters. The van der Waals surface area contributed by atoms with Crippen molar-refractivity contribution < 1.29 is 47.8 Å². The quantitative estimate of drug-likeness (QED) is 0.0240. The number of unbranched alkanes of at least 4 members (excludes halogenated alkanes) is 23. The molecule has 10 nitrogen and oxygen atoms in total. The fraction of sp³-hybridized carbons (Fsp3) is 0.900. The summed E-state index contributed by atoms with van der Waals surface area (Å²) in [7, 11) is -4.61. The van der Waals surface area contributed by atoms with E-state index in [4.69, 9.17) is 19.1 Å². The number of carbonyl (C=O) groups excluding carboxylic acids is 2. The van der Waals surface area contributed by atoms with E-state index in [0.717, 1.165) is 51.4 Å². The fourth-order valence-electron chi connectivity index (χ4n) is 5.69. The Balaban J connectivity index is 4.31. The Kier molecular flexibility index (Phi) is 36.1. The normalized spacial score (nSPS) is 14.1. The average Bonchev–Trinajstić information content (AvgIpc) is 3.12. The van der Waals surface area contributed by atoms with E-state index in [1.165, 1.54) is 103 Å². The van der Waals surface area contributed by atoms with Crippen LogP contribution in [0.4, 0.5) is 0 Å². The summed E-state index contributed by atoms with van der Waals surface area (Å²) < 4.78 is 32.6. The minimum absolute atomic E-state index is 0.188. The lowest BCUT2D eigenvalue weighted by atomic mass is 10.0. The molecule has 0 amide bonds. The van der Waals surface area contributed by atoms with Crippen molar-refractivity contribution in [3.05, 3.63) is 12.2 Å². The first-order valence-corrected chi connectivity index (χ1v) is 22.1. The van der Waals surface area contributed by atoms with Crippen molar-refractivity contribution in [3.8, 4) is 0 Å². The molecule has 0 aliphatic rings. The summed E-state index contributed by atoms with van der Waals surface area (Å²) in [6.07, 6.45) is 33.2. The number of rotatable bonds is 39. The zero-order valence-corrected chi connectivity index (χ0v) is 33.5. The first-order chi connectivity index (χ1) is 24.7. The van der Waals surface area contributed by atoms with E-state index in [0.29, 0.717) is 12.8 Å². The Hall–Kier alpha value is -1.29. The number of hydrogen-bond acceptors (Lipinski definition) is 9. The molecule has 0 saturated heterocycles. The lowest BCUT2D eigenvalue weighted by molar-refractivity contribution is -0.161. The van der Waals surface area contributed by atoms with Gasteiger partial charge in [0.25, 0.3) is 0 Å². The minimum atomic E-state index is -4.61. The topological polar surface area (TPSA) is 149 Å². The number of esters is 2. The lowest BCUT2D eigenvalue weighted by Gasteiger charge is -2.20. The molecular formula is C40H77O10P. The molecule has 0 heterocycles. The van der Waals surface area contributed by atoms with Crippen LogP contribution < -0.4 is 0 Å². The van der Waals surface area contributed by atoms with E-state index >= 15 is 0 Å². The Morgan fingerprint density at radius 1 is 0.569 bits per heavy atom. The van der Waals surface area contributed by atoms with Crippen LogP contribution in [0.5, 0.6) is 0 Å². The van der Waals surface area contributed by atoms with Gasteiger partial charge in [0, 0.05) is 12.8 Å². The first kappa shape index (κ1) is 49.7. The minimum Gasteiger partial charge on any atom is -0.462 e. The summed E-state index contributed by atoms with van der Waals surface area (Å²) in [4.78, 5) is 34.9. The van der Waals surface area contributed by atoms with Gasteiger partial charge in [0.05, 0.1) is 19.8 Å². The van der Waals surface area contributed by atoms with Gasteiger partial charge < -0.3 is 24.6 Å². The molecule has 0 aliphatic heterocycles. The Bertz CT molecular complexity index is 868. The third-order valence-electron chi connectivity index (χ3n) is 8.92. The molecule has 0 aromatic rings. The van der Waals surface area contributed by atoms with Crippen LogP contribution in [-0.2, 0) is 32.7 Å². The average molecular weight is 749 g/mol. The molecule has 302 valence electrons. The predicted molar refractivity (Wildman–Crippen MR) is 205 cm³/mol. The van der Waals surface area contributed by atoms with Gasteiger partial charge in [0.1, 0.15) is 12.7 Å². The number of carbonyl (C=O) groups is 2. The van der Waals surface area contributed by atoms with Gasteiger partial charge in [0.15, 0.2) is 6.10 Å². The van der Waals surface area contributed by atoms with E-state index in [1.807, 2.05) is 0 Å². The monoisotopic (exact) mass is 749 g/mol. The molecule has 0 saturated carbocycles. The van der Waals surface area contributed by atoms with Crippen LogP contribution in [0.1, 0.15) is 194 Å². The molecule has 0 rings (SSSR count). The van der Waals surface area contributed by atoms with Crippen molar-refractivity contribution in [2.75, 3.05) is 26.4 Å². The second-order valence-corrected chi connectivity index (χ2v) is 15.5. The Morgan fingerprint density at radius 2 is 0.961 bits per heavy atom. The first-order valence-electron chi connectivity index (χ1n) is 20.6. The van der Waals surface area contributed by atoms with Crippen molar-refractivity contribution in [1.82, 2.24) is 0 Å². The number of phosphoric acid groups is 1. The highest BCUT2D eigenvalue weighted by Gasteiger charge is 2.27. The van der Waals surface area contributed by atoms with Crippen LogP contribution in [0.15, 0.2) is 12.2 Å². The van der Waals surface area contributed by atoms with Crippen LogP contribution in [0.3, 0.4) is 0 Å². The van der Waals surface area contributed by atoms with Gasteiger partial charge in [-0.1, -0.05) is 154 Å². The summed E-state index contributed by atoms with van der Waals surface area (Å²) in [5, 5.41) is 18.3. The Labute approximate surface area is 311 Å². The van der Waals surface area contributed by atoms with Gasteiger partial charge in [-0.15, -0.1) is 0 Å². The van der Waals surface area contributed by atoms with Gasteiger partial charge in [0.2, 0.25) is 0 Å². The molecule has 3 N–H and O–H groups in total. The molecule has 11 heteroatoms. The molecule has 0 radical (unpaired) electrons. The SMILES string of the molecule is CCCCCCCC/C=C/CCCCCCCC(=O)OC[C@H](COP(=O)(O)OC[C@H](O)CO)OC(=O)CCCCCCCCCCCCCCC. The number of aliphatic hydroxyl groups excluding tert-OH is 2. The summed E-state index contributed by atoms with van der Waals surface area (Å²) in [5.41, 5.74) is 0. The molecule has 0 aliphatic carbocycles. The number of aliphatic hydroxyl groups is 2. The fourth-order valence-corrected chi connectivity index (χ4v) is 6.48. The van der Waals surface area contributed by atoms with Crippen molar-refractivity contribution >= 4 is 19.8 Å². The summed E-state index contributed by atoms with van der Waals surface area (Å²) in [5.74, 6) is -0.927. The van der Waals surface area contributed by atoms with Crippen LogP contribution in [0.2, 0.25) is 0 Å². The van der Waals surface area contributed by atoms with E-state index < -0.39 is 51.8 Å². The summed E-state index contributed by atoms with van der Waals surface area (Å²) in [6.45, 7) is 2.37. The highest BCUT2D eigenvalue weighted by molar-refractivity contribution is 7.47. The van der Waals surface area contributed by atoms with Crippen LogP contribution in [-0.4, -0.2) is 65.7 Å². The zero-order valence-electron chi connectivity index (χ0n) is 32.6. The van der Waals surface area contributed by atoms with Gasteiger partial charge in [-0.25, -0.2) is 4.57 Å². The lowest BCUT2D eigenvalue weighted by Crippen LogP contribution is -2.29.